The van der Waals surface area contributed by atoms with E-state index in [0.29, 0.717) is 42.3 Å². The van der Waals surface area contributed by atoms with Crippen LogP contribution in [0.4, 0.5) is 0 Å². The predicted octanol–water partition coefficient (Wildman–Crippen LogP) is 2.35. The van der Waals surface area contributed by atoms with Crippen molar-refractivity contribution < 1.29 is 18.8 Å². The van der Waals surface area contributed by atoms with Crippen molar-refractivity contribution in [3.8, 4) is 0 Å². The molecule has 3 amide bonds. The van der Waals surface area contributed by atoms with Crippen LogP contribution in [0.25, 0.3) is 6.08 Å². The molecule has 0 unspecified atom stereocenters. The van der Waals surface area contributed by atoms with Crippen LogP contribution < -0.4 is 21.3 Å². The zero-order valence-corrected chi connectivity index (χ0v) is 19.6. The third-order valence-electron chi connectivity index (χ3n) is 5.64. The zero-order chi connectivity index (χ0) is 23.8. The molecule has 2 heterocycles. The first-order valence-corrected chi connectivity index (χ1v) is 11.3. The number of amides is 3. The van der Waals surface area contributed by atoms with Gasteiger partial charge in [0, 0.05) is 29.8 Å². The Kier molecular flexibility index (Phi) is 8.30. The molecule has 0 spiro atoms. The number of hydrogen-bond acceptors (Lipinski definition) is 5. The van der Waals surface area contributed by atoms with E-state index in [1.165, 1.54) is 6.08 Å². The van der Waals surface area contributed by atoms with Gasteiger partial charge in [-0.15, -0.1) is 0 Å². The molecule has 0 saturated carbocycles. The Morgan fingerprint density at radius 3 is 2.39 bits per heavy atom. The van der Waals surface area contributed by atoms with Gasteiger partial charge in [0.2, 0.25) is 11.8 Å². The summed E-state index contributed by atoms with van der Waals surface area (Å²) in [6.07, 6.45) is 3.90. The molecule has 1 aliphatic heterocycles. The van der Waals surface area contributed by atoms with E-state index in [9.17, 15) is 14.4 Å². The van der Waals surface area contributed by atoms with Crippen LogP contribution in [-0.4, -0.2) is 49.4 Å². The number of halogens is 1. The Morgan fingerprint density at radius 2 is 1.76 bits per heavy atom. The first kappa shape index (κ1) is 24.5. The van der Waals surface area contributed by atoms with Gasteiger partial charge in [0.1, 0.15) is 17.1 Å². The summed E-state index contributed by atoms with van der Waals surface area (Å²) in [6, 6.07) is 8.41. The van der Waals surface area contributed by atoms with E-state index in [2.05, 4.69) is 21.3 Å². The third-order valence-corrected chi connectivity index (χ3v) is 5.89. The second-order valence-electron chi connectivity index (χ2n) is 8.06. The molecule has 1 aliphatic rings. The quantitative estimate of drug-likeness (QED) is 0.348. The molecule has 0 radical (unpaired) electrons. The van der Waals surface area contributed by atoms with Crippen molar-refractivity contribution >= 4 is 35.4 Å². The highest BCUT2D eigenvalue weighted by Gasteiger charge is 2.40. The lowest BCUT2D eigenvalue weighted by molar-refractivity contribution is -0.133. The highest BCUT2D eigenvalue weighted by molar-refractivity contribution is 6.30. The predicted molar refractivity (Wildman–Crippen MR) is 127 cm³/mol. The first-order valence-electron chi connectivity index (χ1n) is 10.9. The van der Waals surface area contributed by atoms with E-state index in [-0.39, 0.29) is 30.8 Å². The fraction of sp³-hybridized carbons (Fsp3) is 0.375. The van der Waals surface area contributed by atoms with Crippen molar-refractivity contribution in [1.82, 2.24) is 21.3 Å². The largest absolute Gasteiger partial charge is 0.462 e. The van der Waals surface area contributed by atoms with E-state index in [4.69, 9.17) is 16.0 Å². The molecule has 1 fully saturated rings. The number of aryl methyl sites for hydroxylation is 2. The van der Waals surface area contributed by atoms with Crippen LogP contribution in [0.2, 0.25) is 5.02 Å². The SMILES string of the molecule is Cc1cc(C=CC(=O)NC2(C(=O)NCCNC(=O)c3ccc(Cl)cc3)CCNCC2)oc1C. The van der Waals surface area contributed by atoms with E-state index in [1.54, 1.807) is 30.3 Å². The Morgan fingerprint density at radius 1 is 1.09 bits per heavy atom. The van der Waals surface area contributed by atoms with Crippen molar-refractivity contribution in [2.24, 2.45) is 0 Å². The van der Waals surface area contributed by atoms with Crippen molar-refractivity contribution in [3.63, 3.8) is 0 Å². The Bertz CT molecular complexity index is 1000. The molecule has 0 bridgehead atoms. The first-order chi connectivity index (χ1) is 15.8. The topological polar surface area (TPSA) is 112 Å². The summed E-state index contributed by atoms with van der Waals surface area (Å²) in [6.45, 7) is 5.51. The number of piperidine rings is 1. The van der Waals surface area contributed by atoms with Crippen molar-refractivity contribution in [2.45, 2.75) is 32.2 Å². The van der Waals surface area contributed by atoms with Crippen LogP contribution in [0.5, 0.6) is 0 Å². The number of benzene rings is 1. The highest BCUT2D eigenvalue weighted by atomic mass is 35.5. The minimum atomic E-state index is -1.01. The lowest BCUT2D eigenvalue weighted by Crippen LogP contribution is -2.63. The maximum Gasteiger partial charge on any atom is 0.251 e. The fourth-order valence-electron chi connectivity index (χ4n) is 3.61. The summed E-state index contributed by atoms with van der Waals surface area (Å²) in [7, 11) is 0. The Hall–Kier alpha value is -3.10. The van der Waals surface area contributed by atoms with Gasteiger partial charge in [-0.25, -0.2) is 0 Å². The van der Waals surface area contributed by atoms with Gasteiger partial charge in [-0.1, -0.05) is 11.6 Å². The standard InChI is InChI=1S/C24H29ClN4O4/c1-16-15-20(33-17(16)2)7-8-21(30)29-24(9-11-26-12-10-24)23(32)28-14-13-27-22(31)18-3-5-19(25)6-4-18/h3-8,15,26H,9-14H2,1-2H3,(H,27,31)(H,28,32)(H,29,30). The lowest BCUT2D eigenvalue weighted by Gasteiger charge is -2.36. The number of nitrogens with one attached hydrogen (secondary N) is 4. The van der Waals surface area contributed by atoms with Gasteiger partial charge >= 0.3 is 0 Å². The number of hydrogen-bond donors (Lipinski definition) is 4. The van der Waals surface area contributed by atoms with Gasteiger partial charge in [0.05, 0.1) is 0 Å². The zero-order valence-electron chi connectivity index (χ0n) is 18.8. The second-order valence-corrected chi connectivity index (χ2v) is 8.50. The molecule has 1 aromatic carbocycles. The van der Waals surface area contributed by atoms with Crippen LogP contribution in [0.3, 0.4) is 0 Å². The van der Waals surface area contributed by atoms with E-state index < -0.39 is 5.54 Å². The summed E-state index contributed by atoms with van der Waals surface area (Å²) >= 11 is 5.84. The molecular formula is C24H29ClN4O4. The van der Waals surface area contributed by atoms with Crippen LogP contribution in [-0.2, 0) is 9.59 Å². The van der Waals surface area contributed by atoms with E-state index in [0.717, 1.165) is 11.3 Å². The maximum atomic E-state index is 13.0. The smallest absolute Gasteiger partial charge is 0.251 e. The lowest BCUT2D eigenvalue weighted by atomic mass is 9.87. The molecule has 8 nitrogen and oxygen atoms in total. The van der Waals surface area contributed by atoms with Crippen LogP contribution in [0.1, 0.15) is 40.3 Å². The summed E-state index contributed by atoms with van der Waals surface area (Å²) in [4.78, 5) is 37.8. The van der Waals surface area contributed by atoms with Gasteiger partial charge in [0.15, 0.2) is 0 Å². The van der Waals surface area contributed by atoms with Crippen molar-refractivity contribution in [2.75, 3.05) is 26.2 Å². The molecule has 1 aromatic heterocycles. The normalized spacial score (nSPS) is 15.2. The van der Waals surface area contributed by atoms with Crippen LogP contribution in [0.15, 0.2) is 40.8 Å². The average molecular weight is 473 g/mol. The van der Waals surface area contributed by atoms with Crippen molar-refractivity contribution in [1.29, 1.82) is 0 Å². The summed E-state index contributed by atoms with van der Waals surface area (Å²) in [5.41, 5.74) is 0.482. The highest BCUT2D eigenvalue weighted by Crippen LogP contribution is 2.19. The Labute approximate surface area is 198 Å². The monoisotopic (exact) mass is 472 g/mol. The van der Waals surface area contributed by atoms with E-state index in [1.807, 2.05) is 19.9 Å². The molecule has 0 aliphatic carbocycles. The van der Waals surface area contributed by atoms with Crippen LogP contribution >= 0.6 is 11.6 Å². The molecule has 176 valence electrons. The van der Waals surface area contributed by atoms with Gasteiger partial charge in [-0.05, 0) is 81.7 Å². The fourth-order valence-corrected chi connectivity index (χ4v) is 3.73. The van der Waals surface area contributed by atoms with Gasteiger partial charge < -0.3 is 25.7 Å². The molecule has 4 N–H and O–H groups in total. The number of furan rings is 1. The molecule has 3 rings (SSSR count). The van der Waals surface area contributed by atoms with Gasteiger partial charge in [0.25, 0.3) is 5.91 Å². The molecule has 0 atom stereocenters. The number of carbonyl (C=O) groups is 3. The molecular weight excluding hydrogens is 444 g/mol. The number of rotatable bonds is 8. The number of carbonyl (C=O) groups excluding carboxylic acids is 3. The third kappa shape index (κ3) is 6.69. The maximum absolute atomic E-state index is 13.0. The van der Waals surface area contributed by atoms with Crippen molar-refractivity contribution in [3.05, 3.63) is 64.1 Å². The molecule has 2 aromatic rings. The second kappa shape index (κ2) is 11.2. The minimum absolute atomic E-state index is 0.240. The average Bonchev–Trinajstić information content (AvgIpc) is 3.13. The van der Waals surface area contributed by atoms with Gasteiger partial charge in [-0.3, -0.25) is 14.4 Å². The molecule has 33 heavy (non-hydrogen) atoms. The minimum Gasteiger partial charge on any atom is -0.462 e. The summed E-state index contributed by atoms with van der Waals surface area (Å²) < 4.78 is 5.55. The van der Waals surface area contributed by atoms with Crippen LogP contribution in [0, 0.1) is 13.8 Å². The summed E-state index contributed by atoms with van der Waals surface area (Å²) in [5.74, 6) is 0.498. The van der Waals surface area contributed by atoms with Gasteiger partial charge in [-0.2, -0.15) is 0 Å². The molecule has 1 saturated heterocycles. The Balaban J connectivity index is 1.53. The summed E-state index contributed by atoms with van der Waals surface area (Å²) in [5, 5.41) is 12.2. The van der Waals surface area contributed by atoms with E-state index >= 15 is 0 Å². The molecule has 9 heteroatoms.